The van der Waals surface area contributed by atoms with E-state index >= 15 is 0 Å². The van der Waals surface area contributed by atoms with E-state index in [0.29, 0.717) is 11.6 Å². The molecule has 0 amide bonds. The summed E-state index contributed by atoms with van der Waals surface area (Å²) in [5.74, 6) is 0. The molecule has 0 spiro atoms. The Morgan fingerprint density at radius 2 is 2.12 bits per heavy atom. The van der Waals surface area contributed by atoms with E-state index in [9.17, 15) is 0 Å². The molecule has 1 aliphatic carbocycles. The molecule has 1 heterocycles. The van der Waals surface area contributed by atoms with Gasteiger partial charge in [0.05, 0.1) is 0 Å². The Morgan fingerprint density at radius 1 is 1.38 bits per heavy atom. The van der Waals surface area contributed by atoms with Crippen LogP contribution in [0, 0.1) is 0 Å². The van der Waals surface area contributed by atoms with Crippen LogP contribution in [0.3, 0.4) is 0 Å². The molecule has 0 aliphatic heterocycles. The third-order valence-electron chi connectivity index (χ3n) is 3.64. The minimum absolute atomic E-state index is 0.398. The van der Waals surface area contributed by atoms with Crippen LogP contribution in [0.2, 0.25) is 0 Å². The molecule has 1 fully saturated rings. The van der Waals surface area contributed by atoms with Crippen LogP contribution in [0.15, 0.2) is 17.5 Å². The van der Waals surface area contributed by atoms with E-state index in [2.05, 4.69) is 36.7 Å². The zero-order valence-corrected chi connectivity index (χ0v) is 11.3. The molecule has 0 saturated heterocycles. The zero-order valence-electron chi connectivity index (χ0n) is 10.5. The summed E-state index contributed by atoms with van der Waals surface area (Å²) < 4.78 is 0. The molecule has 16 heavy (non-hydrogen) atoms. The molecule has 0 bridgehead atoms. The molecule has 0 aromatic carbocycles. The van der Waals surface area contributed by atoms with Gasteiger partial charge in [-0.15, -0.1) is 11.3 Å². The molecule has 1 unspecified atom stereocenters. The van der Waals surface area contributed by atoms with E-state index in [0.717, 1.165) is 0 Å². The van der Waals surface area contributed by atoms with Crippen molar-refractivity contribution in [1.29, 1.82) is 0 Å². The summed E-state index contributed by atoms with van der Waals surface area (Å²) in [6.07, 6.45) is 8.10. The van der Waals surface area contributed by atoms with Gasteiger partial charge < -0.3 is 5.32 Å². The molecule has 2 heteroatoms. The van der Waals surface area contributed by atoms with Crippen LogP contribution in [0.25, 0.3) is 0 Å². The van der Waals surface area contributed by atoms with E-state index in [1.807, 2.05) is 11.3 Å². The first-order chi connectivity index (χ1) is 7.68. The van der Waals surface area contributed by atoms with Gasteiger partial charge in [-0.05, 0) is 44.6 Å². The maximum atomic E-state index is 3.84. The van der Waals surface area contributed by atoms with Crippen molar-refractivity contribution in [2.75, 3.05) is 0 Å². The largest absolute Gasteiger partial charge is 0.309 e. The second-order valence-electron chi connectivity index (χ2n) is 5.45. The van der Waals surface area contributed by atoms with Crippen LogP contribution in [-0.4, -0.2) is 11.6 Å². The van der Waals surface area contributed by atoms with Gasteiger partial charge in [-0.25, -0.2) is 0 Å². The summed E-state index contributed by atoms with van der Waals surface area (Å²) in [7, 11) is 0. The Bertz CT molecular complexity index is 299. The van der Waals surface area contributed by atoms with Crippen LogP contribution in [-0.2, 0) is 6.42 Å². The summed E-state index contributed by atoms with van der Waals surface area (Å²) in [5, 5.41) is 6.01. The fraction of sp³-hybridized carbons (Fsp3) is 0.714. The van der Waals surface area contributed by atoms with Crippen molar-refractivity contribution in [3.63, 3.8) is 0 Å². The predicted octanol–water partition coefficient (Wildman–Crippen LogP) is 3.99. The van der Waals surface area contributed by atoms with Gasteiger partial charge >= 0.3 is 0 Å². The van der Waals surface area contributed by atoms with Crippen LogP contribution in [0.1, 0.15) is 50.8 Å². The molecule has 1 N–H and O–H groups in total. The standard InChI is InChI=1S/C14H23NS/c1-12(11-13-7-6-10-16-13)15-14(2)8-4-3-5-9-14/h6-7,10,12,15H,3-5,8-9,11H2,1-2H3. The van der Waals surface area contributed by atoms with E-state index in [1.165, 1.54) is 43.4 Å². The average molecular weight is 237 g/mol. The Kier molecular flexibility index (Phi) is 4.04. The zero-order chi connectivity index (χ0) is 11.4. The van der Waals surface area contributed by atoms with Gasteiger partial charge in [0.15, 0.2) is 0 Å². The lowest BCUT2D eigenvalue weighted by atomic mass is 9.82. The third-order valence-corrected chi connectivity index (χ3v) is 4.54. The number of rotatable bonds is 4. The Morgan fingerprint density at radius 3 is 2.75 bits per heavy atom. The number of hydrogen-bond donors (Lipinski definition) is 1. The molecule has 90 valence electrons. The maximum Gasteiger partial charge on any atom is 0.0155 e. The monoisotopic (exact) mass is 237 g/mol. The predicted molar refractivity (Wildman–Crippen MR) is 72.1 cm³/mol. The van der Waals surface area contributed by atoms with Crippen LogP contribution < -0.4 is 5.32 Å². The number of thiophene rings is 1. The van der Waals surface area contributed by atoms with Gasteiger partial charge in [-0.3, -0.25) is 0 Å². The lowest BCUT2D eigenvalue weighted by molar-refractivity contribution is 0.232. The summed E-state index contributed by atoms with van der Waals surface area (Å²) in [6, 6.07) is 4.99. The molecule has 1 atom stereocenters. The van der Waals surface area contributed by atoms with Gasteiger partial charge in [0, 0.05) is 16.5 Å². The smallest absolute Gasteiger partial charge is 0.0155 e. The fourth-order valence-corrected chi connectivity index (χ4v) is 3.69. The fourth-order valence-electron chi connectivity index (χ4n) is 2.85. The minimum Gasteiger partial charge on any atom is -0.309 e. The molecular formula is C14H23NS. The lowest BCUT2D eigenvalue weighted by Gasteiger charge is -2.37. The van der Waals surface area contributed by atoms with Crippen molar-refractivity contribution < 1.29 is 0 Å². The summed E-state index contributed by atoms with van der Waals surface area (Å²) in [6.45, 7) is 4.72. The first-order valence-electron chi connectivity index (χ1n) is 6.48. The summed E-state index contributed by atoms with van der Waals surface area (Å²) in [4.78, 5) is 1.50. The van der Waals surface area contributed by atoms with E-state index in [4.69, 9.17) is 0 Å². The van der Waals surface area contributed by atoms with Crippen molar-refractivity contribution >= 4 is 11.3 Å². The Labute approximate surface area is 103 Å². The van der Waals surface area contributed by atoms with E-state index < -0.39 is 0 Å². The van der Waals surface area contributed by atoms with Gasteiger partial charge in [0.1, 0.15) is 0 Å². The van der Waals surface area contributed by atoms with Gasteiger partial charge in [-0.1, -0.05) is 25.3 Å². The van der Waals surface area contributed by atoms with Crippen molar-refractivity contribution in [2.45, 2.75) is 64.0 Å². The minimum atomic E-state index is 0.398. The van der Waals surface area contributed by atoms with Crippen molar-refractivity contribution in [1.82, 2.24) is 5.32 Å². The van der Waals surface area contributed by atoms with E-state index in [-0.39, 0.29) is 0 Å². The lowest BCUT2D eigenvalue weighted by Crippen LogP contribution is -2.48. The SMILES string of the molecule is CC(Cc1cccs1)NC1(C)CCCCC1. The van der Waals surface area contributed by atoms with Crippen molar-refractivity contribution in [3.05, 3.63) is 22.4 Å². The van der Waals surface area contributed by atoms with Crippen LogP contribution in [0.5, 0.6) is 0 Å². The van der Waals surface area contributed by atoms with Crippen molar-refractivity contribution in [2.24, 2.45) is 0 Å². The van der Waals surface area contributed by atoms with Gasteiger partial charge in [-0.2, -0.15) is 0 Å². The topological polar surface area (TPSA) is 12.0 Å². The first kappa shape index (κ1) is 12.1. The summed E-state index contributed by atoms with van der Waals surface area (Å²) >= 11 is 1.87. The number of hydrogen-bond acceptors (Lipinski definition) is 2. The molecule has 1 aromatic rings. The molecule has 1 aliphatic rings. The van der Waals surface area contributed by atoms with Gasteiger partial charge in [0.25, 0.3) is 0 Å². The second-order valence-corrected chi connectivity index (χ2v) is 6.48. The number of nitrogens with one attached hydrogen (secondary N) is 1. The maximum absolute atomic E-state index is 3.84. The van der Waals surface area contributed by atoms with Crippen LogP contribution >= 0.6 is 11.3 Å². The quantitative estimate of drug-likeness (QED) is 0.835. The molecule has 1 aromatic heterocycles. The Balaban J connectivity index is 1.84. The molecular weight excluding hydrogens is 214 g/mol. The molecule has 2 rings (SSSR count). The normalized spacial score (nSPS) is 21.9. The first-order valence-corrected chi connectivity index (χ1v) is 7.36. The molecule has 0 radical (unpaired) electrons. The average Bonchev–Trinajstić information content (AvgIpc) is 2.70. The van der Waals surface area contributed by atoms with Crippen molar-refractivity contribution in [3.8, 4) is 0 Å². The highest BCUT2D eigenvalue weighted by Crippen LogP contribution is 2.28. The highest BCUT2D eigenvalue weighted by molar-refractivity contribution is 7.09. The summed E-state index contributed by atoms with van der Waals surface area (Å²) in [5.41, 5.74) is 0.398. The Hall–Kier alpha value is -0.340. The highest BCUT2D eigenvalue weighted by atomic mass is 32.1. The van der Waals surface area contributed by atoms with Crippen LogP contribution in [0.4, 0.5) is 0 Å². The van der Waals surface area contributed by atoms with Gasteiger partial charge in [0.2, 0.25) is 0 Å². The molecule has 1 nitrogen and oxygen atoms in total. The highest BCUT2D eigenvalue weighted by Gasteiger charge is 2.27. The molecule has 1 saturated carbocycles. The third kappa shape index (κ3) is 3.33. The van der Waals surface area contributed by atoms with E-state index in [1.54, 1.807) is 0 Å². The second kappa shape index (κ2) is 5.33.